The lowest BCUT2D eigenvalue weighted by Crippen LogP contribution is -2.63. The van der Waals surface area contributed by atoms with Gasteiger partial charge in [0.2, 0.25) is 11.8 Å². The number of methoxy groups -OCH3 is 1. The summed E-state index contributed by atoms with van der Waals surface area (Å²) in [6.45, 7) is 5.35. The molecule has 1 fully saturated rings. The van der Waals surface area contributed by atoms with Gasteiger partial charge in [-0.3, -0.25) is 9.59 Å². The van der Waals surface area contributed by atoms with E-state index < -0.39 is 12.1 Å². The molecule has 0 unspecified atom stereocenters. The molecule has 0 saturated carbocycles. The number of nitrogens with one attached hydrogen (secondary N) is 1. The van der Waals surface area contributed by atoms with E-state index in [9.17, 15) is 9.59 Å². The Kier molecular flexibility index (Phi) is 6.41. The van der Waals surface area contributed by atoms with Crippen LogP contribution < -0.4 is 9.47 Å². The molecule has 1 saturated heterocycles. The summed E-state index contributed by atoms with van der Waals surface area (Å²) in [7, 11) is 1.61. The molecule has 35 heavy (non-hydrogen) atoms. The highest BCUT2D eigenvalue weighted by atomic mass is 16.5. The molecule has 1 aromatic heterocycles. The second-order valence-electron chi connectivity index (χ2n) is 9.30. The Bertz CT molecular complexity index is 1250. The number of aromatic nitrogens is 1. The molecule has 3 heterocycles. The molecule has 2 atom stereocenters. The van der Waals surface area contributed by atoms with Crippen molar-refractivity contribution in [3.63, 3.8) is 0 Å². The van der Waals surface area contributed by atoms with E-state index in [1.165, 1.54) is 0 Å². The van der Waals surface area contributed by atoms with E-state index in [-0.39, 0.29) is 18.4 Å². The third kappa shape index (κ3) is 4.03. The van der Waals surface area contributed by atoms with Crippen LogP contribution in [0.4, 0.5) is 0 Å². The number of ether oxygens (including phenoxy) is 2. The number of benzene rings is 2. The fraction of sp³-hybridized carbons (Fsp3) is 0.429. The first kappa shape index (κ1) is 23.3. The van der Waals surface area contributed by atoms with Gasteiger partial charge in [-0.1, -0.05) is 44.0 Å². The average Bonchev–Trinajstić information content (AvgIpc) is 3.24. The van der Waals surface area contributed by atoms with Crippen LogP contribution in [0.5, 0.6) is 11.5 Å². The predicted octanol–water partition coefficient (Wildman–Crippen LogP) is 4.45. The van der Waals surface area contributed by atoms with E-state index >= 15 is 0 Å². The van der Waals surface area contributed by atoms with Gasteiger partial charge in [0.15, 0.2) is 11.5 Å². The van der Waals surface area contributed by atoms with Crippen molar-refractivity contribution in [1.29, 1.82) is 0 Å². The van der Waals surface area contributed by atoms with Crippen LogP contribution in [0, 0.1) is 0 Å². The molecule has 5 rings (SSSR count). The molecule has 0 aliphatic carbocycles. The lowest BCUT2D eigenvalue weighted by atomic mass is 9.86. The van der Waals surface area contributed by atoms with Crippen molar-refractivity contribution in [2.45, 2.75) is 51.6 Å². The summed E-state index contributed by atoms with van der Waals surface area (Å²) in [6.07, 6.45) is 3.55. The van der Waals surface area contributed by atoms with Crippen molar-refractivity contribution in [2.75, 3.05) is 26.8 Å². The largest absolute Gasteiger partial charge is 0.493 e. The quantitative estimate of drug-likeness (QED) is 0.489. The Morgan fingerprint density at radius 2 is 1.89 bits per heavy atom. The minimum Gasteiger partial charge on any atom is -0.493 e. The summed E-state index contributed by atoms with van der Waals surface area (Å²) in [5, 5.41) is 1.11. The number of carbonyl (C=O) groups excluding carboxylic acids is 2. The van der Waals surface area contributed by atoms with Gasteiger partial charge >= 0.3 is 0 Å². The fourth-order valence-electron chi connectivity index (χ4n) is 5.54. The topological polar surface area (TPSA) is 74.9 Å². The van der Waals surface area contributed by atoms with Crippen molar-refractivity contribution in [1.82, 2.24) is 14.8 Å². The Morgan fingerprint density at radius 1 is 1.06 bits per heavy atom. The minimum absolute atomic E-state index is 0.0201. The Hall–Kier alpha value is -3.48. The summed E-state index contributed by atoms with van der Waals surface area (Å²) >= 11 is 0. The van der Waals surface area contributed by atoms with Gasteiger partial charge in [0.1, 0.15) is 6.04 Å². The summed E-state index contributed by atoms with van der Waals surface area (Å²) in [5.74, 6) is 1.29. The van der Waals surface area contributed by atoms with Crippen molar-refractivity contribution in [3.05, 3.63) is 59.3 Å². The normalized spacial score (nSPS) is 19.6. The van der Waals surface area contributed by atoms with Crippen molar-refractivity contribution in [2.24, 2.45) is 0 Å². The van der Waals surface area contributed by atoms with Crippen LogP contribution in [0.15, 0.2) is 42.5 Å². The zero-order chi connectivity index (χ0) is 24.5. The highest BCUT2D eigenvalue weighted by Crippen LogP contribution is 2.44. The van der Waals surface area contributed by atoms with E-state index in [2.05, 4.69) is 18.0 Å². The fourth-order valence-corrected chi connectivity index (χ4v) is 5.54. The van der Waals surface area contributed by atoms with Crippen LogP contribution >= 0.6 is 0 Å². The zero-order valence-corrected chi connectivity index (χ0v) is 20.7. The Morgan fingerprint density at radius 3 is 2.66 bits per heavy atom. The Balaban J connectivity index is 1.62. The number of carbonyl (C=O) groups is 2. The highest BCUT2D eigenvalue weighted by Gasteiger charge is 2.48. The van der Waals surface area contributed by atoms with Gasteiger partial charge in [0.25, 0.3) is 0 Å². The third-order valence-electron chi connectivity index (χ3n) is 7.18. The van der Waals surface area contributed by atoms with Crippen LogP contribution in [-0.4, -0.2) is 59.4 Å². The molecule has 0 spiro atoms. The molecule has 7 heteroatoms. The summed E-state index contributed by atoms with van der Waals surface area (Å²) in [5.41, 5.74) is 3.98. The monoisotopic (exact) mass is 475 g/mol. The number of rotatable bonds is 8. The van der Waals surface area contributed by atoms with Crippen molar-refractivity contribution in [3.8, 4) is 11.5 Å². The predicted molar refractivity (Wildman–Crippen MR) is 135 cm³/mol. The number of fused-ring (bicyclic) bond motifs is 4. The van der Waals surface area contributed by atoms with Crippen LogP contribution in [-0.2, 0) is 16.0 Å². The molecule has 3 aromatic rings. The van der Waals surface area contributed by atoms with Crippen molar-refractivity contribution < 1.29 is 19.1 Å². The van der Waals surface area contributed by atoms with Crippen LogP contribution in [0.25, 0.3) is 10.9 Å². The molecular formula is C28H33N3O4. The number of piperazine rings is 1. The van der Waals surface area contributed by atoms with E-state index in [1.54, 1.807) is 16.9 Å². The third-order valence-corrected chi connectivity index (χ3v) is 7.18. The number of nitrogens with zero attached hydrogens (tertiary/aromatic N) is 2. The van der Waals surface area contributed by atoms with Crippen LogP contribution in [0.1, 0.15) is 56.0 Å². The number of para-hydroxylation sites is 1. The van der Waals surface area contributed by atoms with Gasteiger partial charge in [-0.15, -0.1) is 0 Å². The van der Waals surface area contributed by atoms with Crippen molar-refractivity contribution >= 4 is 22.7 Å². The standard InChI is InChI=1S/C28H33N3O4/c1-4-6-9-14-30-17-25(32)31-22(28(30)33)16-20-19-10-7-8-11-21(19)29-26(20)27(31)18-12-13-23(35-5-2)24(15-18)34-3/h7-8,10-13,15,22,27,29H,4-6,9,14,16-17H2,1-3H3/t22-,27+/m0/s1. The van der Waals surface area contributed by atoms with E-state index in [4.69, 9.17) is 9.47 Å². The zero-order valence-electron chi connectivity index (χ0n) is 20.7. The smallest absolute Gasteiger partial charge is 0.246 e. The molecule has 2 aliphatic heterocycles. The van der Waals surface area contributed by atoms with Gasteiger partial charge in [0.05, 0.1) is 26.3 Å². The number of H-pyrrole nitrogens is 1. The average molecular weight is 476 g/mol. The Labute approximate surface area is 206 Å². The van der Waals surface area contributed by atoms with E-state index in [1.807, 2.05) is 43.3 Å². The molecule has 0 radical (unpaired) electrons. The van der Waals surface area contributed by atoms with Gasteiger partial charge < -0.3 is 24.3 Å². The number of unbranched alkanes of at least 4 members (excludes halogenated alkanes) is 2. The summed E-state index contributed by atoms with van der Waals surface area (Å²) in [6, 6.07) is 13.0. The lowest BCUT2D eigenvalue weighted by Gasteiger charge is -2.47. The molecule has 2 aromatic carbocycles. The van der Waals surface area contributed by atoms with Crippen LogP contribution in [0.3, 0.4) is 0 Å². The molecular weight excluding hydrogens is 442 g/mol. The molecule has 184 valence electrons. The van der Waals surface area contributed by atoms with Gasteiger partial charge in [-0.05, 0) is 42.7 Å². The molecule has 1 N–H and O–H groups in total. The summed E-state index contributed by atoms with van der Waals surface area (Å²) in [4.78, 5) is 34.4. The number of amides is 2. The lowest BCUT2D eigenvalue weighted by molar-refractivity contribution is -0.158. The van der Waals surface area contributed by atoms with Gasteiger partial charge in [-0.25, -0.2) is 0 Å². The first-order chi connectivity index (χ1) is 17.1. The molecule has 2 amide bonds. The highest BCUT2D eigenvalue weighted by molar-refractivity contribution is 5.97. The first-order valence-electron chi connectivity index (χ1n) is 12.6. The summed E-state index contributed by atoms with van der Waals surface area (Å²) < 4.78 is 11.3. The van der Waals surface area contributed by atoms with E-state index in [0.29, 0.717) is 31.1 Å². The van der Waals surface area contributed by atoms with Crippen LogP contribution in [0.2, 0.25) is 0 Å². The molecule has 0 bridgehead atoms. The SMILES string of the molecule is CCCCCN1CC(=O)N2[C@H](c3ccc(OCC)c(OC)c3)c3[nH]c4ccccc4c3C[C@H]2C1=O. The molecule has 7 nitrogen and oxygen atoms in total. The van der Waals surface area contributed by atoms with Gasteiger partial charge in [-0.2, -0.15) is 0 Å². The minimum atomic E-state index is -0.521. The van der Waals surface area contributed by atoms with E-state index in [0.717, 1.165) is 47.0 Å². The number of hydrogen-bond acceptors (Lipinski definition) is 4. The maximum Gasteiger partial charge on any atom is 0.246 e. The van der Waals surface area contributed by atoms with Gasteiger partial charge in [0, 0.05) is 29.6 Å². The second-order valence-corrected chi connectivity index (χ2v) is 9.30. The maximum atomic E-state index is 13.7. The number of aromatic amines is 1. The molecule has 2 aliphatic rings. The maximum absolute atomic E-state index is 13.7. The second kappa shape index (κ2) is 9.64. The first-order valence-corrected chi connectivity index (χ1v) is 12.6. The number of hydrogen-bond donors (Lipinski definition) is 1.